The fourth-order valence-electron chi connectivity index (χ4n) is 6.38. The summed E-state index contributed by atoms with van der Waals surface area (Å²) in [6.07, 6.45) is 0. The molecule has 0 aliphatic carbocycles. The number of hydrogen-bond donors (Lipinski definition) is 0. The molecule has 1 aliphatic heterocycles. The van der Waals surface area contributed by atoms with Crippen molar-refractivity contribution in [3.8, 4) is 11.4 Å². The van der Waals surface area contributed by atoms with Crippen LogP contribution in [-0.2, 0) is 24.3 Å². The van der Waals surface area contributed by atoms with E-state index in [0.29, 0.717) is 37.3 Å². The van der Waals surface area contributed by atoms with E-state index in [1.165, 1.54) is 4.68 Å². The topological polar surface area (TPSA) is 74.2 Å². The Hall–Kier alpha value is -3.89. The smallest absolute Gasteiger partial charge is 0.276 e. The molecule has 0 spiro atoms. The first-order chi connectivity index (χ1) is 19.5. The van der Waals surface area contributed by atoms with Gasteiger partial charge in [0.25, 0.3) is 11.1 Å². The van der Waals surface area contributed by atoms with Gasteiger partial charge in [-0.3, -0.25) is 23.7 Å². The number of amides is 1. The van der Waals surface area contributed by atoms with Crippen LogP contribution in [0.25, 0.3) is 11.4 Å². The molecule has 2 aromatic heterocycles. The number of para-hydroxylation sites is 2. The van der Waals surface area contributed by atoms with Gasteiger partial charge in [0, 0.05) is 47.0 Å². The standard InChI is InChI=1S/C31H27Br2N5O3/c1-18-25(29(40)38(35(18)4)22-14-10-7-11-15-22)31(23-16-20(32)17-24(33)27(23)34(3)30(31)41)26-19(2)37(36(5)28(26)39)21-12-8-6-9-13-21/h6-17H,1-5H3. The van der Waals surface area contributed by atoms with E-state index in [0.717, 1.165) is 5.69 Å². The number of nitrogens with zero attached hydrogens (tertiary/aromatic N) is 5. The lowest BCUT2D eigenvalue weighted by Crippen LogP contribution is -2.47. The number of carbonyl (C=O) groups is 1. The van der Waals surface area contributed by atoms with Crippen molar-refractivity contribution in [3.63, 3.8) is 0 Å². The van der Waals surface area contributed by atoms with Crippen molar-refractivity contribution in [1.82, 2.24) is 18.7 Å². The summed E-state index contributed by atoms with van der Waals surface area (Å²) < 4.78 is 8.00. The van der Waals surface area contributed by atoms with Crippen molar-refractivity contribution < 1.29 is 4.79 Å². The van der Waals surface area contributed by atoms with Gasteiger partial charge < -0.3 is 4.90 Å². The summed E-state index contributed by atoms with van der Waals surface area (Å²) in [6.45, 7) is 3.65. The Morgan fingerprint density at radius 1 is 0.659 bits per heavy atom. The van der Waals surface area contributed by atoms with E-state index >= 15 is 0 Å². The highest BCUT2D eigenvalue weighted by Crippen LogP contribution is 2.53. The molecule has 208 valence electrons. The van der Waals surface area contributed by atoms with Gasteiger partial charge in [-0.15, -0.1) is 0 Å². The van der Waals surface area contributed by atoms with E-state index in [1.54, 1.807) is 40.1 Å². The molecule has 0 fully saturated rings. The molecule has 10 heteroatoms. The number of benzene rings is 3. The fourth-order valence-corrected chi connectivity index (χ4v) is 7.87. The maximum absolute atomic E-state index is 14.8. The van der Waals surface area contributed by atoms with Crippen LogP contribution in [0.3, 0.4) is 0 Å². The summed E-state index contributed by atoms with van der Waals surface area (Å²) in [5.74, 6) is -0.372. The molecule has 5 aromatic rings. The van der Waals surface area contributed by atoms with Crippen LogP contribution in [0.4, 0.5) is 5.69 Å². The van der Waals surface area contributed by atoms with E-state index < -0.39 is 5.41 Å². The molecule has 0 saturated carbocycles. The molecular weight excluding hydrogens is 650 g/mol. The maximum Gasteiger partial charge on any atom is 0.276 e. The van der Waals surface area contributed by atoms with E-state index in [-0.39, 0.29) is 28.2 Å². The molecule has 1 amide bonds. The first-order valence-electron chi connectivity index (χ1n) is 13.0. The van der Waals surface area contributed by atoms with Crippen LogP contribution in [0.2, 0.25) is 0 Å². The Bertz CT molecular complexity index is 1980. The zero-order valence-electron chi connectivity index (χ0n) is 23.1. The highest BCUT2D eigenvalue weighted by Gasteiger charge is 2.59. The third-order valence-electron chi connectivity index (χ3n) is 8.19. The summed E-state index contributed by atoms with van der Waals surface area (Å²) in [4.78, 5) is 45.4. The zero-order chi connectivity index (χ0) is 29.4. The average molecular weight is 677 g/mol. The highest BCUT2D eigenvalue weighted by molar-refractivity contribution is 9.11. The summed E-state index contributed by atoms with van der Waals surface area (Å²) >= 11 is 7.25. The molecule has 1 unspecified atom stereocenters. The number of hydrogen-bond acceptors (Lipinski definition) is 3. The molecule has 0 N–H and O–H groups in total. The van der Waals surface area contributed by atoms with Crippen LogP contribution in [0.1, 0.15) is 28.1 Å². The monoisotopic (exact) mass is 675 g/mol. The summed E-state index contributed by atoms with van der Waals surface area (Å²) in [5, 5.41) is 0. The van der Waals surface area contributed by atoms with Crippen LogP contribution >= 0.6 is 31.9 Å². The van der Waals surface area contributed by atoms with Crippen molar-refractivity contribution in [3.05, 3.63) is 131 Å². The Morgan fingerprint density at radius 2 is 1.20 bits per heavy atom. The van der Waals surface area contributed by atoms with Crippen molar-refractivity contribution in [2.75, 3.05) is 11.9 Å². The van der Waals surface area contributed by atoms with Gasteiger partial charge in [-0.1, -0.05) is 52.3 Å². The van der Waals surface area contributed by atoms with Crippen LogP contribution < -0.4 is 16.0 Å². The zero-order valence-corrected chi connectivity index (χ0v) is 26.3. The molecule has 0 radical (unpaired) electrons. The van der Waals surface area contributed by atoms with Crippen molar-refractivity contribution in [2.45, 2.75) is 19.3 Å². The Balaban J connectivity index is 1.84. The third kappa shape index (κ3) is 3.59. The average Bonchev–Trinajstić information content (AvgIpc) is 3.41. The lowest BCUT2D eigenvalue weighted by Gasteiger charge is -2.27. The summed E-state index contributed by atoms with van der Waals surface area (Å²) in [7, 11) is 5.16. The first-order valence-corrected chi connectivity index (χ1v) is 14.6. The van der Waals surface area contributed by atoms with Gasteiger partial charge in [0.1, 0.15) is 5.41 Å². The van der Waals surface area contributed by atoms with Gasteiger partial charge in [0.2, 0.25) is 5.91 Å². The largest absolute Gasteiger partial charge is 0.313 e. The molecule has 8 nitrogen and oxygen atoms in total. The molecule has 6 rings (SSSR count). The van der Waals surface area contributed by atoms with Crippen LogP contribution in [0.5, 0.6) is 0 Å². The minimum Gasteiger partial charge on any atom is -0.313 e. The number of carbonyl (C=O) groups excluding carboxylic acids is 1. The molecule has 3 aromatic carbocycles. The van der Waals surface area contributed by atoms with E-state index in [1.807, 2.05) is 86.6 Å². The highest BCUT2D eigenvalue weighted by atomic mass is 79.9. The molecule has 0 saturated heterocycles. The van der Waals surface area contributed by atoms with Crippen LogP contribution in [0, 0.1) is 13.8 Å². The van der Waals surface area contributed by atoms with Crippen LogP contribution in [0.15, 0.2) is 91.3 Å². The van der Waals surface area contributed by atoms with Crippen molar-refractivity contribution in [1.29, 1.82) is 0 Å². The molecule has 41 heavy (non-hydrogen) atoms. The first kappa shape index (κ1) is 27.3. The molecule has 1 atom stereocenters. The number of likely N-dealkylation sites (N-methyl/N-ethyl adjacent to an activating group) is 1. The van der Waals surface area contributed by atoms with E-state index in [4.69, 9.17) is 0 Å². The van der Waals surface area contributed by atoms with Crippen molar-refractivity contribution in [2.24, 2.45) is 14.1 Å². The van der Waals surface area contributed by atoms with Gasteiger partial charge in [-0.25, -0.2) is 9.36 Å². The maximum atomic E-state index is 14.8. The summed E-state index contributed by atoms with van der Waals surface area (Å²) in [5.41, 5.74) is 1.81. The summed E-state index contributed by atoms with van der Waals surface area (Å²) in [6, 6.07) is 22.5. The number of aromatic nitrogens is 4. The second kappa shape index (κ2) is 9.60. The number of rotatable bonds is 4. The third-order valence-corrected chi connectivity index (χ3v) is 9.25. The lowest BCUT2D eigenvalue weighted by molar-refractivity contribution is -0.120. The molecule has 3 heterocycles. The van der Waals surface area contributed by atoms with Crippen molar-refractivity contribution >= 4 is 43.5 Å². The molecule has 1 aliphatic rings. The fraction of sp³-hybridized carbons (Fsp3) is 0.194. The quantitative estimate of drug-likeness (QED) is 0.265. The van der Waals surface area contributed by atoms with Crippen LogP contribution in [-0.4, -0.2) is 31.7 Å². The van der Waals surface area contributed by atoms with Gasteiger partial charge >= 0.3 is 0 Å². The number of fused-ring (bicyclic) bond motifs is 1. The van der Waals surface area contributed by atoms with E-state index in [9.17, 15) is 14.4 Å². The minimum absolute atomic E-state index is 0.246. The second-order valence-electron chi connectivity index (χ2n) is 10.3. The second-order valence-corrected chi connectivity index (χ2v) is 12.0. The SMILES string of the molecule is Cc1c(C2(c3c(C)n(-c4ccccc4)n(C)c3=O)C(=O)N(C)c3c(Br)cc(Br)cc32)c(=O)n(-c2ccccc2)n1C. The predicted octanol–water partition coefficient (Wildman–Crippen LogP) is 5.12. The minimum atomic E-state index is -1.71. The van der Waals surface area contributed by atoms with E-state index in [2.05, 4.69) is 31.9 Å². The Kier molecular flexibility index (Phi) is 6.39. The van der Waals surface area contributed by atoms with Gasteiger partial charge in [0.05, 0.1) is 28.2 Å². The molecule has 0 bridgehead atoms. The Labute approximate surface area is 253 Å². The van der Waals surface area contributed by atoms with Gasteiger partial charge in [-0.05, 0) is 66.2 Å². The predicted molar refractivity (Wildman–Crippen MR) is 167 cm³/mol. The number of anilines is 1. The Morgan fingerprint density at radius 3 is 1.78 bits per heavy atom. The normalized spacial score (nSPS) is 16.5. The number of halogens is 2. The van der Waals surface area contributed by atoms with Gasteiger partial charge in [-0.2, -0.15) is 0 Å². The molecular formula is C31H27Br2N5O3. The lowest BCUT2D eigenvalue weighted by atomic mass is 9.70. The van der Waals surface area contributed by atoms with Gasteiger partial charge in [0.15, 0.2) is 0 Å².